The summed E-state index contributed by atoms with van der Waals surface area (Å²) in [6.45, 7) is 1.18. The molecule has 134 valence electrons. The quantitative estimate of drug-likeness (QED) is 0.867. The average molecular weight is 346 g/mol. The van der Waals surface area contributed by atoms with E-state index in [4.69, 9.17) is 4.74 Å². The van der Waals surface area contributed by atoms with Crippen molar-refractivity contribution in [3.05, 3.63) is 35.9 Å². The van der Waals surface area contributed by atoms with E-state index >= 15 is 0 Å². The fourth-order valence-corrected chi connectivity index (χ4v) is 3.76. The van der Waals surface area contributed by atoms with Crippen molar-refractivity contribution in [2.75, 3.05) is 19.6 Å². The first kappa shape index (κ1) is 17.3. The summed E-state index contributed by atoms with van der Waals surface area (Å²) < 4.78 is 5.33. The number of benzene rings is 1. The normalized spacial score (nSPS) is 22.3. The molecule has 1 aromatic rings. The first-order valence-corrected chi connectivity index (χ1v) is 8.45. The highest BCUT2D eigenvalue weighted by Crippen LogP contribution is 2.44. The third-order valence-electron chi connectivity index (χ3n) is 5.28. The number of likely N-dealkylation sites (tertiary alicyclic amines) is 1. The van der Waals surface area contributed by atoms with E-state index in [2.05, 4.69) is 5.32 Å². The average Bonchev–Trinajstić information content (AvgIpc) is 2.61. The Hall–Kier alpha value is -2.57. The Morgan fingerprint density at radius 3 is 2.56 bits per heavy atom. The standard InChI is InChI=1S/C18H22N2O5/c21-15-10-18(14(11-19-15)16(22)23)6-8-20(9-7-18)17(24)25-12-13-4-2-1-3-5-13/h1-5,14H,6-12H2,(H,19,21)(H,22,23). The molecule has 7 nitrogen and oxygen atoms in total. The summed E-state index contributed by atoms with van der Waals surface area (Å²) in [5.41, 5.74) is 0.351. The highest BCUT2D eigenvalue weighted by molar-refractivity contribution is 5.82. The van der Waals surface area contributed by atoms with E-state index in [1.54, 1.807) is 4.90 Å². The van der Waals surface area contributed by atoms with E-state index < -0.39 is 23.4 Å². The molecular formula is C18H22N2O5. The van der Waals surface area contributed by atoms with Crippen LogP contribution >= 0.6 is 0 Å². The Morgan fingerprint density at radius 1 is 1.24 bits per heavy atom. The molecular weight excluding hydrogens is 324 g/mol. The van der Waals surface area contributed by atoms with Gasteiger partial charge in [-0.2, -0.15) is 0 Å². The van der Waals surface area contributed by atoms with Crippen LogP contribution in [0.3, 0.4) is 0 Å². The van der Waals surface area contributed by atoms with Crippen LogP contribution < -0.4 is 5.32 Å². The fraction of sp³-hybridized carbons (Fsp3) is 0.500. The predicted octanol–water partition coefficient (Wildman–Crippen LogP) is 1.63. The van der Waals surface area contributed by atoms with Crippen LogP contribution in [0.2, 0.25) is 0 Å². The number of amides is 2. The molecule has 1 atom stereocenters. The Bertz CT molecular complexity index is 653. The Balaban J connectivity index is 1.57. The first-order valence-electron chi connectivity index (χ1n) is 8.45. The van der Waals surface area contributed by atoms with Crippen molar-refractivity contribution in [2.24, 2.45) is 11.3 Å². The molecule has 2 saturated heterocycles. The second-order valence-electron chi connectivity index (χ2n) is 6.76. The SMILES string of the molecule is O=C1CC2(CCN(C(=O)OCc3ccccc3)CC2)C(C(=O)O)CN1. The lowest BCUT2D eigenvalue weighted by Gasteiger charge is -2.46. The highest BCUT2D eigenvalue weighted by atomic mass is 16.6. The van der Waals surface area contributed by atoms with Crippen LogP contribution in [0, 0.1) is 11.3 Å². The Labute approximate surface area is 146 Å². The van der Waals surface area contributed by atoms with E-state index in [-0.39, 0.29) is 25.5 Å². The summed E-state index contributed by atoms with van der Waals surface area (Å²) in [7, 11) is 0. The number of rotatable bonds is 3. The molecule has 0 aromatic heterocycles. The second-order valence-corrected chi connectivity index (χ2v) is 6.76. The monoisotopic (exact) mass is 346 g/mol. The maximum atomic E-state index is 12.2. The minimum Gasteiger partial charge on any atom is -0.481 e. The summed E-state index contributed by atoms with van der Waals surface area (Å²) in [4.78, 5) is 37.2. The molecule has 0 bridgehead atoms. The molecule has 3 rings (SSSR count). The lowest BCUT2D eigenvalue weighted by atomic mass is 9.64. The van der Waals surface area contributed by atoms with Gasteiger partial charge in [0.05, 0.1) is 5.92 Å². The van der Waals surface area contributed by atoms with Gasteiger partial charge in [-0.3, -0.25) is 9.59 Å². The maximum Gasteiger partial charge on any atom is 0.410 e. The van der Waals surface area contributed by atoms with Crippen LogP contribution in [-0.4, -0.2) is 47.6 Å². The summed E-state index contributed by atoms with van der Waals surface area (Å²) in [5, 5.41) is 12.1. The van der Waals surface area contributed by atoms with Gasteiger partial charge in [0.2, 0.25) is 5.91 Å². The van der Waals surface area contributed by atoms with Gasteiger partial charge in [0.25, 0.3) is 0 Å². The van der Waals surface area contributed by atoms with Gasteiger partial charge in [-0.1, -0.05) is 30.3 Å². The number of hydrogen-bond donors (Lipinski definition) is 2. The van der Waals surface area contributed by atoms with E-state index in [1.807, 2.05) is 30.3 Å². The number of piperidine rings is 2. The Morgan fingerprint density at radius 2 is 1.92 bits per heavy atom. The number of nitrogens with zero attached hydrogens (tertiary/aromatic N) is 1. The minimum atomic E-state index is -0.889. The summed E-state index contributed by atoms with van der Waals surface area (Å²) >= 11 is 0. The second kappa shape index (κ2) is 7.13. The van der Waals surface area contributed by atoms with Gasteiger partial charge in [0.1, 0.15) is 6.61 Å². The highest BCUT2D eigenvalue weighted by Gasteiger charge is 2.49. The van der Waals surface area contributed by atoms with Crippen LogP contribution in [0.25, 0.3) is 0 Å². The van der Waals surface area contributed by atoms with Gasteiger partial charge < -0.3 is 20.1 Å². The molecule has 2 aliphatic heterocycles. The smallest absolute Gasteiger partial charge is 0.410 e. The van der Waals surface area contributed by atoms with Crippen molar-refractivity contribution in [3.8, 4) is 0 Å². The topological polar surface area (TPSA) is 95.9 Å². The molecule has 2 aliphatic rings. The van der Waals surface area contributed by atoms with Crippen LogP contribution in [0.5, 0.6) is 0 Å². The third kappa shape index (κ3) is 3.75. The fourth-order valence-electron chi connectivity index (χ4n) is 3.76. The molecule has 25 heavy (non-hydrogen) atoms. The van der Waals surface area contributed by atoms with Crippen LogP contribution in [0.15, 0.2) is 30.3 Å². The molecule has 2 heterocycles. The van der Waals surface area contributed by atoms with Gasteiger partial charge in [0, 0.05) is 26.1 Å². The zero-order valence-electron chi connectivity index (χ0n) is 13.9. The van der Waals surface area contributed by atoms with Gasteiger partial charge in [-0.25, -0.2) is 4.79 Å². The van der Waals surface area contributed by atoms with Crippen LogP contribution in [-0.2, 0) is 20.9 Å². The zero-order valence-corrected chi connectivity index (χ0v) is 13.9. The molecule has 2 N–H and O–H groups in total. The van der Waals surface area contributed by atoms with Gasteiger partial charge in [-0.15, -0.1) is 0 Å². The maximum absolute atomic E-state index is 12.2. The summed E-state index contributed by atoms with van der Waals surface area (Å²) in [6, 6.07) is 9.43. The first-order chi connectivity index (χ1) is 12.0. The number of carboxylic acid groups (broad SMARTS) is 1. The molecule has 2 fully saturated rings. The molecule has 7 heteroatoms. The number of carboxylic acids is 1. The van der Waals surface area contributed by atoms with E-state index in [1.165, 1.54) is 0 Å². The number of aliphatic carboxylic acids is 1. The summed E-state index contributed by atoms with van der Waals surface area (Å²) in [5.74, 6) is -1.61. The van der Waals surface area contributed by atoms with Crippen molar-refractivity contribution < 1.29 is 24.2 Å². The molecule has 1 unspecified atom stereocenters. The molecule has 1 spiro atoms. The molecule has 0 radical (unpaired) electrons. The molecule has 2 amide bonds. The number of nitrogens with one attached hydrogen (secondary N) is 1. The zero-order chi connectivity index (χ0) is 17.9. The summed E-state index contributed by atoms with van der Waals surface area (Å²) in [6.07, 6.45) is 0.804. The van der Waals surface area contributed by atoms with Crippen molar-refractivity contribution in [1.82, 2.24) is 10.2 Å². The number of carbonyl (C=O) groups excluding carboxylic acids is 2. The predicted molar refractivity (Wildman–Crippen MR) is 88.6 cm³/mol. The van der Waals surface area contributed by atoms with Crippen LogP contribution in [0.4, 0.5) is 4.79 Å². The minimum absolute atomic E-state index is 0.113. The largest absolute Gasteiger partial charge is 0.481 e. The molecule has 1 aromatic carbocycles. The van der Waals surface area contributed by atoms with Gasteiger partial charge >= 0.3 is 12.1 Å². The lowest BCUT2D eigenvalue weighted by molar-refractivity contribution is -0.152. The number of ether oxygens (including phenoxy) is 1. The number of hydrogen-bond acceptors (Lipinski definition) is 4. The van der Waals surface area contributed by atoms with Gasteiger partial charge in [0.15, 0.2) is 0 Å². The van der Waals surface area contributed by atoms with Crippen molar-refractivity contribution in [2.45, 2.75) is 25.9 Å². The van der Waals surface area contributed by atoms with Gasteiger partial charge in [-0.05, 0) is 23.8 Å². The number of carbonyl (C=O) groups is 3. The van der Waals surface area contributed by atoms with E-state index in [0.29, 0.717) is 25.9 Å². The lowest BCUT2D eigenvalue weighted by Crippen LogP contribution is -2.56. The van der Waals surface area contributed by atoms with Crippen molar-refractivity contribution in [3.63, 3.8) is 0 Å². The van der Waals surface area contributed by atoms with Crippen molar-refractivity contribution in [1.29, 1.82) is 0 Å². The molecule has 0 aliphatic carbocycles. The van der Waals surface area contributed by atoms with E-state index in [9.17, 15) is 19.5 Å². The third-order valence-corrected chi connectivity index (χ3v) is 5.28. The molecule has 0 saturated carbocycles. The Kier molecular flexibility index (Phi) is 4.92. The van der Waals surface area contributed by atoms with Crippen molar-refractivity contribution >= 4 is 18.0 Å². The van der Waals surface area contributed by atoms with Crippen LogP contribution in [0.1, 0.15) is 24.8 Å². The van der Waals surface area contributed by atoms with E-state index in [0.717, 1.165) is 5.56 Å².